The van der Waals surface area contributed by atoms with Crippen LogP contribution in [0.3, 0.4) is 0 Å². The van der Waals surface area contributed by atoms with Crippen LogP contribution in [0.15, 0.2) is 24.3 Å². The Bertz CT molecular complexity index is 377. The van der Waals surface area contributed by atoms with Crippen molar-refractivity contribution in [3.05, 3.63) is 35.4 Å². The van der Waals surface area contributed by atoms with Gasteiger partial charge in [0, 0.05) is 12.1 Å². The first-order valence-corrected chi connectivity index (χ1v) is 7.80. The summed E-state index contributed by atoms with van der Waals surface area (Å²) in [5.74, 6) is 0. The Morgan fingerprint density at radius 3 is 2.25 bits per heavy atom. The first kappa shape index (κ1) is 17.2. The van der Waals surface area contributed by atoms with Crippen molar-refractivity contribution in [1.29, 1.82) is 0 Å². The van der Waals surface area contributed by atoms with Gasteiger partial charge < -0.3 is 10.4 Å². The summed E-state index contributed by atoms with van der Waals surface area (Å²) in [4.78, 5) is 0. The third-order valence-electron chi connectivity index (χ3n) is 3.66. The Labute approximate surface area is 124 Å². The van der Waals surface area contributed by atoms with E-state index in [4.69, 9.17) is 0 Å². The zero-order valence-electron chi connectivity index (χ0n) is 13.7. The van der Waals surface area contributed by atoms with E-state index in [1.807, 2.05) is 13.8 Å². The zero-order chi connectivity index (χ0) is 15.2. The predicted molar refractivity (Wildman–Crippen MR) is 87.1 cm³/mol. The van der Waals surface area contributed by atoms with Gasteiger partial charge in [-0.2, -0.15) is 0 Å². The minimum Gasteiger partial charge on any atom is -0.390 e. The summed E-state index contributed by atoms with van der Waals surface area (Å²) in [5.41, 5.74) is 2.17. The molecule has 1 rings (SSSR count). The van der Waals surface area contributed by atoms with E-state index in [9.17, 15) is 5.11 Å². The van der Waals surface area contributed by atoms with Crippen LogP contribution in [-0.2, 0) is 6.42 Å². The van der Waals surface area contributed by atoms with Crippen molar-refractivity contribution >= 4 is 0 Å². The molecule has 0 unspecified atom stereocenters. The molecule has 1 aromatic rings. The van der Waals surface area contributed by atoms with Crippen LogP contribution in [0.25, 0.3) is 0 Å². The fraction of sp³-hybridized carbons (Fsp3) is 0.667. The number of aliphatic hydroxyl groups is 1. The van der Waals surface area contributed by atoms with Gasteiger partial charge in [-0.3, -0.25) is 0 Å². The number of rotatable bonds is 8. The minimum absolute atomic E-state index is 0.481. The molecule has 114 valence electrons. The fourth-order valence-corrected chi connectivity index (χ4v) is 2.55. The summed E-state index contributed by atoms with van der Waals surface area (Å²) in [5, 5.41) is 13.4. The average Bonchev–Trinajstić information content (AvgIpc) is 2.30. The number of hydrogen-bond acceptors (Lipinski definition) is 2. The molecule has 20 heavy (non-hydrogen) atoms. The van der Waals surface area contributed by atoms with E-state index in [0.29, 0.717) is 12.1 Å². The molecule has 2 atom stereocenters. The second kappa shape index (κ2) is 7.80. The van der Waals surface area contributed by atoms with E-state index < -0.39 is 5.60 Å². The van der Waals surface area contributed by atoms with Gasteiger partial charge in [-0.25, -0.2) is 0 Å². The van der Waals surface area contributed by atoms with Crippen LogP contribution >= 0.6 is 0 Å². The molecule has 0 heterocycles. The third kappa shape index (κ3) is 7.66. The Balaban J connectivity index is 2.27. The highest BCUT2D eigenvalue weighted by molar-refractivity contribution is 5.21. The van der Waals surface area contributed by atoms with E-state index in [-0.39, 0.29) is 0 Å². The van der Waals surface area contributed by atoms with Gasteiger partial charge in [0.2, 0.25) is 0 Å². The van der Waals surface area contributed by atoms with Crippen LogP contribution < -0.4 is 5.32 Å². The summed E-state index contributed by atoms with van der Waals surface area (Å²) in [6.45, 7) is 10.4. The Morgan fingerprint density at radius 2 is 1.70 bits per heavy atom. The smallest absolute Gasteiger partial charge is 0.0591 e. The molecule has 0 fully saturated rings. The summed E-state index contributed by atoms with van der Waals surface area (Å²) < 4.78 is 0. The maximum absolute atomic E-state index is 9.71. The van der Waals surface area contributed by atoms with Crippen molar-refractivity contribution in [2.45, 2.75) is 78.0 Å². The molecule has 1 aromatic carbocycles. The van der Waals surface area contributed by atoms with Gasteiger partial charge in [-0.15, -0.1) is 0 Å². The molecule has 0 aromatic heterocycles. The number of hydrogen-bond donors (Lipinski definition) is 2. The van der Waals surface area contributed by atoms with Gasteiger partial charge in [0.05, 0.1) is 5.60 Å². The topological polar surface area (TPSA) is 32.3 Å². The minimum atomic E-state index is -0.534. The molecule has 0 amide bonds. The lowest BCUT2D eigenvalue weighted by molar-refractivity contribution is 0.0674. The van der Waals surface area contributed by atoms with Gasteiger partial charge in [0.1, 0.15) is 0 Å². The number of nitrogens with one attached hydrogen (secondary N) is 1. The van der Waals surface area contributed by atoms with Crippen LogP contribution in [-0.4, -0.2) is 22.8 Å². The summed E-state index contributed by atoms with van der Waals surface area (Å²) in [6, 6.07) is 9.76. The summed E-state index contributed by atoms with van der Waals surface area (Å²) in [7, 11) is 0. The van der Waals surface area contributed by atoms with E-state index in [2.05, 4.69) is 50.4 Å². The van der Waals surface area contributed by atoms with Crippen LogP contribution in [0, 0.1) is 6.92 Å². The zero-order valence-corrected chi connectivity index (χ0v) is 13.7. The van der Waals surface area contributed by atoms with E-state index in [1.54, 1.807) is 0 Å². The molecule has 0 aliphatic heterocycles. The average molecular weight is 277 g/mol. The molecule has 0 bridgehead atoms. The van der Waals surface area contributed by atoms with Crippen molar-refractivity contribution in [1.82, 2.24) is 5.32 Å². The Hall–Kier alpha value is -0.860. The molecule has 0 radical (unpaired) electrons. The molecule has 0 saturated heterocycles. The molecule has 0 aliphatic rings. The van der Waals surface area contributed by atoms with Gasteiger partial charge >= 0.3 is 0 Å². The predicted octanol–water partition coefficient (Wildman–Crippen LogP) is 3.85. The number of aryl methyl sites for hydroxylation is 1. The lowest BCUT2D eigenvalue weighted by Gasteiger charge is -2.22. The van der Waals surface area contributed by atoms with Crippen LogP contribution in [0.2, 0.25) is 0 Å². The quantitative estimate of drug-likeness (QED) is 0.756. The molecule has 0 saturated carbocycles. The normalized spacial score (nSPS) is 15.1. The molecular formula is C18H31NO. The van der Waals surface area contributed by atoms with Crippen LogP contribution in [0.5, 0.6) is 0 Å². The van der Waals surface area contributed by atoms with Crippen molar-refractivity contribution in [2.75, 3.05) is 0 Å². The van der Waals surface area contributed by atoms with Gasteiger partial charge in [-0.1, -0.05) is 29.8 Å². The lowest BCUT2D eigenvalue weighted by Crippen LogP contribution is -2.36. The highest BCUT2D eigenvalue weighted by Gasteiger charge is 2.13. The number of benzene rings is 1. The van der Waals surface area contributed by atoms with Crippen molar-refractivity contribution in [3.63, 3.8) is 0 Å². The molecule has 2 N–H and O–H groups in total. The SMILES string of the molecule is Cc1ccc(C[C@H](C)N[C@@H](C)CCCC(C)(C)O)cc1. The van der Waals surface area contributed by atoms with E-state index in [1.165, 1.54) is 11.1 Å². The van der Waals surface area contributed by atoms with Gasteiger partial charge in [0.25, 0.3) is 0 Å². The molecular weight excluding hydrogens is 246 g/mol. The summed E-state index contributed by atoms with van der Waals surface area (Å²) in [6.07, 6.45) is 4.11. The maximum Gasteiger partial charge on any atom is 0.0591 e. The fourth-order valence-electron chi connectivity index (χ4n) is 2.55. The second-order valence-corrected chi connectivity index (χ2v) is 6.86. The first-order valence-electron chi connectivity index (χ1n) is 7.80. The third-order valence-corrected chi connectivity index (χ3v) is 3.66. The van der Waals surface area contributed by atoms with Gasteiger partial charge in [-0.05, 0) is 65.9 Å². The van der Waals surface area contributed by atoms with Crippen molar-refractivity contribution in [3.8, 4) is 0 Å². The highest BCUT2D eigenvalue weighted by atomic mass is 16.3. The lowest BCUT2D eigenvalue weighted by atomic mass is 9.99. The summed E-state index contributed by atoms with van der Waals surface area (Å²) >= 11 is 0. The van der Waals surface area contributed by atoms with Crippen molar-refractivity contribution < 1.29 is 5.11 Å². The molecule has 0 aliphatic carbocycles. The second-order valence-electron chi connectivity index (χ2n) is 6.86. The molecule has 2 nitrogen and oxygen atoms in total. The van der Waals surface area contributed by atoms with Crippen molar-refractivity contribution in [2.24, 2.45) is 0 Å². The van der Waals surface area contributed by atoms with E-state index in [0.717, 1.165) is 25.7 Å². The largest absolute Gasteiger partial charge is 0.390 e. The monoisotopic (exact) mass is 277 g/mol. The van der Waals surface area contributed by atoms with E-state index >= 15 is 0 Å². The molecule has 0 spiro atoms. The maximum atomic E-state index is 9.71. The van der Waals surface area contributed by atoms with Crippen LogP contribution in [0.1, 0.15) is 58.1 Å². The highest BCUT2D eigenvalue weighted by Crippen LogP contribution is 2.14. The Morgan fingerprint density at radius 1 is 1.10 bits per heavy atom. The first-order chi connectivity index (χ1) is 9.26. The molecule has 2 heteroatoms. The van der Waals surface area contributed by atoms with Crippen LogP contribution in [0.4, 0.5) is 0 Å². The Kier molecular flexibility index (Phi) is 6.70. The standard InChI is InChI=1S/C18H31NO/c1-14-8-10-17(11-9-14)13-16(3)19-15(2)7-6-12-18(4,5)20/h8-11,15-16,19-20H,6-7,12-13H2,1-5H3/t15-,16-/m0/s1. The van der Waals surface area contributed by atoms with Gasteiger partial charge in [0.15, 0.2) is 0 Å².